The van der Waals surface area contributed by atoms with Crippen molar-refractivity contribution in [1.29, 1.82) is 0 Å². The average molecular weight is 627 g/mol. The van der Waals surface area contributed by atoms with Gasteiger partial charge in [-0.3, -0.25) is 24.0 Å². The van der Waals surface area contributed by atoms with Gasteiger partial charge in [0.05, 0.1) is 12.6 Å². The zero-order chi connectivity index (χ0) is 33.3. The summed E-state index contributed by atoms with van der Waals surface area (Å²) in [5.41, 5.74) is 5.98. The number of nitrogens with two attached hydrogens (primary N) is 1. The number of carboxylic acid groups (broad SMARTS) is 2. The first-order valence-corrected chi connectivity index (χ1v) is 16.4. The third kappa shape index (κ3) is 23.4. The summed E-state index contributed by atoms with van der Waals surface area (Å²) in [5, 5.41) is 23.3. The Bertz CT molecular complexity index is 880. The smallest absolute Gasteiger partial charge is 0.326 e. The van der Waals surface area contributed by atoms with E-state index in [2.05, 4.69) is 10.6 Å². The number of carbonyl (C=O) groups excluding carboxylic acids is 4. The molecule has 0 bridgehead atoms. The van der Waals surface area contributed by atoms with Gasteiger partial charge in [0.1, 0.15) is 11.8 Å². The molecule has 0 fully saturated rings. The lowest BCUT2D eigenvalue weighted by molar-refractivity contribution is -0.142. The Kier molecular flexibility index (Phi) is 23.6. The predicted octanol–water partition coefficient (Wildman–Crippen LogP) is 3.79. The lowest BCUT2D eigenvalue weighted by Crippen LogP contribution is -2.48. The Balaban J connectivity index is 4.14. The van der Waals surface area contributed by atoms with E-state index >= 15 is 0 Å². The molecule has 12 nitrogen and oxygen atoms in total. The molecular weight excluding hydrogens is 568 g/mol. The van der Waals surface area contributed by atoms with E-state index in [-0.39, 0.29) is 68.8 Å². The van der Waals surface area contributed by atoms with Gasteiger partial charge < -0.3 is 31.5 Å². The maximum atomic E-state index is 12.6. The highest BCUT2D eigenvalue weighted by Crippen LogP contribution is 2.13. The van der Waals surface area contributed by atoms with Crippen molar-refractivity contribution in [2.75, 3.05) is 19.6 Å². The summed E-state index contributed by atoms with van der Waals surface area (Å²) in [4.78, 5) is 72.3. The van der Waals surface area contributed by atoms with Gasteiger partial charge in [-0.2, -0.15) is 0 Å². The van der Waals surface area contributed by atoms with Gasteiger partial charge in [-0.05, 0) is 38.5 Å². The van der Waals surface area contributed by atoms with Gasteiger partial charge >= 0.3 is 11.9 Å². The second kappa shape index (κ2) is 25.3. The molecule has 0 rings (SSSR count). The van der Waals surface area contributed by atoms with E-state index in [1.807, 2.05) is 13.8 Å². The molecule has 0 aliphatic heterocycles. The SMILES string of the molecule is CC(=O)CN(CCNC(=O)CC[C@H](NC(=O)CCCCCCCCCCCCCCC(=O)O)C(=O)O)C(=O)[C@@H](N)CC(C)C. The van der Waals surface area contributed by atoms with Crippen LogP contribution in [0.3, 0.4) is 0 Å². The number of Topliss-reactive ketones (excluding diaryl/α,β-unsaturated/α-hetero) is 1. The highest BCUT2D eigenvalue weighted by atomic mass is 16.4. The van der Waals surface area contributed by atoms with Crippen LogP contribution < -0.4 is 16.4 Å². The predicted molar refractivity (Wildman–Crippen MR) is 169 cm³/mol. The van der Waals surface area contributed by atoms with Crippen LogP contribution in [-0.2, 0) is 28.8 Å². The number of hydrogen-bond donors (Lipinski definition) is 5. The summed E-state index contributed by atoms with van der Waals surface area (Å²) in [7, 11) is 0. The Labute approximate surface area is 263 Å². The van der Waals surface area contributed by atoms with Gasteiger partial charge in [0, 0.05) is 32.4 Å². The largest absolute Gasteiger partial charge is 0.481 e. The minimum absolute atomic E-state index is 0.0649. The van der Waals surface area contributed by atoms with Crippen LogP contribution in [0.4, 0.5) is 0 Å². The van der Waals surface area contributed by atoms with Gasteiger partial charge in [-0.15, -0.1) is 0 Å². The van der Waals surface area contributed by atoms with Crippen LogP contribution in [0.5, 0.6) is 0 Å². The number of carbonyl (C=O) groups is 6. The molecule has 0 aliphatic rings. The van der Waals surface area contributed by atoms with Crippen LogP contribution >= 0.6 is 0 Å². The molecule has 0 aromatic rings. The molecule has 0 aliphatic carbocycles. The van der Waals surface area contributed by atoms with Crippen molar-refractivity contribution in [3.63, 3.8) is 0 Å². The maximum absolute atomic E-state index is 12.6. The zero-order valence-electron chi connectivity index (χ0n) is 27.2. The molecular formula is C32H58N4O8. The van der Waals surface area contributed by atoms with Crippen molar-refractivity contribution in [1.82, 2.24) is 15.5 Å². The third-order valence-corrected chi connectivity index (χ3v) is 7.31. The Morgan fingerprint density at radius 2 is 1.23 bits per heavy atom. The first-order chi connectivity index (χ1) is 20.8. The van der Waals surface area contributed by atoms with Crippen molar-refractivity contribution >= 4 is 35.4 Å². The number of carboxylic acids is 2. The quantitative estimate of drug-likeness (QED) is 0.0803. The van der Waals surface area contributed by atoms with Gasteiger partial charge in [0.25, 0.3) is 0 Å². The Morgan fingerprint density at radius 1 is 0.727 bits per heavy atom. The molecule has 0 saturated heterocycles. The fraction of sp³-hybridized carbons (Fsp3) is 0.812. The average Bonchev–Trinajstić information content (AvgIpc) is 2.93. The summed E-state index contributed by atoms with van der Waals surface area (Å²) in [6.45, 7) is 5.35. The van der Waals surface area contributed by atoms with Crippen molar-refractivity contribution in [2.45, 2.75) is 142 Å². The van der Waals surface area contributed by atoms with Gasteiger partial charge in [-0.1, -0.05) is 78.1 Å². The van der Waals surface area contributed by atoms with E-state index in [9.17, 15) is 33.9 Å². The van der Waals surface area contributed by atoms with Crippen LogP contribution in [0, 0.1) is 5.92 Å². The number of unbranched alkanes of at least 4 members (excludes halogenated alkanes) is 11. The molecule has 0 heterocycles. The number of amides is 3. The highest BCUT2D eigenvalue weighted by molar-refractivity contribution is 5.87. The van der Waals surface area contributed by atoms with Gasteiger partial charge in [0.2, 0.25) is 17.7 Å². The number of nitrogens with one attached hydrogen (secondary N) is 2. The standard InChI is InChI=1S/C32H58N4O8/c1-24(2)22-26(33)31(42)36(23-25(3)37)21-20-34-28(38)19-18-27(32(43)44)35-29(39)16-14-12-10-8-6-4-5-7-9-11-13-15-17-30(40)41/h24,26-27H,4-23,33H2,1-3H3,(H,34,38)(H,35,39)(H,40,41)(H,43,44)/t26-,27-/m0/s1. The molecule has 6 N–H and O–H groups in total. The van der Waals surface area contributed by atoms with Crippen molar-refractivity contribution in [3.8, 4) is 0 Å². The van der Waals surface area contributed by atoms with Gasteiger partial charge in [0.15, 0.2) is 0 Å². The lowest BCUT2D eigenvalue weighted by atomic mass is 10.0. The molecule has 0 saturated carbocycles. The molecule has 0 unspecified atom stereocenters. The Morgan fingerprint density at radius 3 is 1.68 bits per heavy atom. The third-order valence-electron chi connectivity index (χ3n) is 7.31. The monoisotopic (exact) mass is 626 g/mol. The van der Waals surface area contributed by atoms with E-state index < -0.39 is 29.9 Å². The minimum Gasteiger partial charge on any atom is -0.481 e. The van der Waals surface area contributed by atoms with E-state index in [1.165, 1.54) is 31.1 Å². The summed E-state index contributed by atoms with van der Waals surface area (Å²) < 4.78 is 0. The molecule has 254 valence electrons. The van der Waals surface area contributed by atoms with Crippen molar-refractivity contribution in [2.24, 2.45) is 11.7 Å². The molecule has 44 heavy (non-hydrogen) atoms. The minimum atomic E-state index is -1.20. The Hall–Kier alpha value is -3.02. The first-order valence-electron chi connectivity index (χ1n) is 16.4. The summed E-state index contributed by atoms with van der Waals surface area (Å²) in [5.74, 6) is -3.04. The number of hydrogen-bond acceptors (Lipinski definition) is 7. The number of aliphatic carboxylic acids is 2. The number of ketones is 1. The van der Waals surface area contributed by atoms with Crippen molar-refractivity contribution in [3.05, 3.63) is 0 Å². The molecule has 0 spiro atoms. The molecule has 0 aromatic heterocycles. The van der Waals surface area contributed by atoms with E-state index in [0.717, 1.165) is 51.4 Å². The van der Waals surface area contributed by atoms with Crippen LogP contribution in [0.15, 0.2) is 0 Å². The van der Waals surface area contributed by atoms with E-state index in [0.29, 0.717) is 12.8 Å². The summed E-state index contributed by atoms with van der Waals surface area (Å²) in [6.07, 6.45) is 13.1. The highest BCUT2D eigenvalue weighted by Gasteiger charge is 2.24. The number of rotatable bonds is 28. The molecule has 2 atom stereocenters. The first kappa shape index (κ1) is 41.0. The second-order valence-corrected chi connectivity index (χ2v) is 12.2. The topological polar surface area (TPSA) is 196 Å². The normalized spacial score (nSPS) is 12.4. The lowest BCUT2D eigenvalue weighted by Gasteiger charge is -2.25. The molecule has 0 aromatic carbocycles. The van der Waals surface area contributed by atoms with Crippen LogP contribution in [0.25, 0.3) is 0 Å². The molecule has 0 radical (unpaired) electrons. The van der Waals surface area contributed by atoms with Crippen LogP contribution in [-0.4, -0.2) is 82.3 Å². The second-order valence-electron chi connectivity index (χ2n) is 12.2. The molecule has 3 amide bonds. The van der Waals surface area contributed by atoms with E-state index in [1.54, 1.807) is 0 Å². The summed E-state index contributed by atoms with van der Waals surface area (Å²) in [6, 6.07) is -1.91. The summed E-state index contributed by atoms with van der Waals surface area (Å²) >= 11 is 0. The number of nitrogens with zero attached hydrogens (tertiary/aromatic N) is 1. The van der Waals surface area contributed by atoms with Crippen LogP contribution in [0.2, 0.25) is 0 Å². The fourth-order valence-electron chi connectivity index (χ4n) is 4.93. The van der Waals surface area contributed by atoms with Gasteiger partial charge in [-0.25, -0.2) is 4.79 Å². The zero-order valence-corrected chi connectivity index (χ0v) is 27.2. The van der Waals surface area contributed by atoms with Crippen molar-refractivity contribution < 1.29 is 39.0 Å². The van der Waals surface area contributed by atoms with E-state index in [4.69, 9.17) is 10.8 Å². The molecule has 12 heteroatoms. The fourth-order valence-corrected chi connectivity index (χ4v) is 4.93. The maximum Gasteiger partial charge on any atom is 0.326 e. The van der Waals surface area contributed by atoms with Crippen LogP contribution in [0.1, 0.15) is 130 Å².